The van der Waals surface area contributed by atoms with E-state index in [0.29, 0.717) is 24.3 Å². The second-order valence-corrected chi connectivity index (χ2v) is 6.96. The Bertz CT molecular complexity index is 670. The first kappa shape index (κ1) is 19.2. The first-order chi connectivity index (χ1) is 11.7. The van der Waals surface area contributed by atoms with Gasteiger partial charge in [0.2, 0.25) is 5.91 Å². The Balaban J connectivity index is 2.08. The molecule has 6 nitrogen and oxygen atoms in total. The molecule has 0 bridgehead atoms. The fourth-order valence-electron chi connectivity index (χ4n) is 2.85. The summed E-state index contributed by atoms with van der Waals surface area (Å²) in [6, 6.07) is 6.24. The van der Waals surface area contributed by atoms with Gasteiger partial charge in [0.05, 0.1) is 29.6 Å². The molecule has 1 aromatic carbocycles. The van der Waals surface area contributed by atoms with Gasteiger partial charge in [0.1, 0.15) is 18.5 Å². The maximum absolute atomic E-state index is 13.4. The van der Waals surface area contributed by atoms with Crippen molar-refractivity contribution in [3.63, 3.8) is 0 Å². The van der Waals surface area contributed by atoms with Crippen LogP contribution >= 0.6 is 0 Å². The number of rotatable bonds is 5. The molecule has 1 unspecified atom stereocenters. The molecule has 0 saturated carbocycles. The normalized spacial score (nSPS) is 19.4. The van der Waals surface area contributed by atoms with Crippen LogP contribution in [-0.4, -0.2) is 62.9 Å². The van der Waals surface area contributed by atoms with Crippen LogP contribution in [-0.2, 0) is 14.3 Å². The van der Waals surface area contributed by atoms with Crippen molar-refractivity contribution in [1.29, 1.82) is 5.26 Å². The molecule has 1 heterocycles. The van der Waals surface area contributed by atoms with Gasteiger partial charge in [-0.1, -0.05) is 0 Å². The van der Waals surface area contributed by atoms with Crippen LogP contribution in [0.25, 0.3) is 0 Å². The number of morpholine rings is 1. The van der Waals surface area contributed by atoms with Crippen LogP contribution < -0.4 is 4.90 Å². The predicted molar refractivity (Wildman–Crippen MR) is 91.8 cm³/mol. The number of benzene rings is 1. The molecule has 0 aliphatic carbocycles. The summed E-state index contributed by atoms with van der Waals surface area (Å²) in [5.41, 5.74) is 0.508. The number of anilines is 1. The van der Waals surface area contributed by atoms with Crippen molar-refractivity contribution >= 4 is 11.6 Å². The summed E-state index contributed by atoms with van der Waals surface area (Å²) >= 11 is 0. The van der Waals surface area contributed by atoms with Gasteiger partial charge in [-0.25, -0.2) is 4.39 Å². The number of hydrogen-bond donors (Lipinski definition) is 0. The summed E-state index contributed by atoms with van der Waals surface area (Å²) < 4.78 is 24.9. The molecule has 1 saturated heterocycles. The summed E-state index contributed by atoms with van der Waals surface area (Å²) in [4.78, 5) is 15.1. The maximum atomic E-state index is 13.4. The number of hydrogen-bond acceptors (Lipinski definition) is 5. The molecule has 0 N–H and O–H groups in total. The van der Waals surface area contributed by atoms with Gasteiger partial charge in [-0.05, 0) is 32.0 Å². The van der Waals surface area contributed by atoms with Crippen LogP contribution in [0, 0.1) is 17.1 Å². The minimum absolute atomic E-state index is 0.00666. The maximum Gasteiger partial charge on any atom is 0.248 e. The first-order valence-corrected chi connectivity index (χ1v) is 8.12. The average Bonchev–Trinajstić information content (AvgIpc) is 2.52. The van der Waals surface area contributed by atoms with Gasteiger partial charge in [0.15, 0.2) is 0 Å². The van der Waals surface area contributed by atoms with Crippen molar-refractivity contribution in [2.45, 2.75) is 25.6 Å². The van der Waals surface area contributed by atoms with Gasteiger partial charge < -0.3 is 19.3 Å². The lowest BCUT2D eigenvalue weighted by atomic mass is 10.0. The Hall–Kier alpha value is -2.17. The van der Waals surface area contributed by atoms with Gasteiger partial charge in [-0.15, -0.1) is 0 Å². The van der Waals surface area contributed by atoms with E-state index in [-0.39, 0.29) is 25.2 Å². The summed E-state index contributed by atoms with van der Waals surface area (Å²) in [6.07, 6.45) is -0.254. The van der Waals surface area contributed by atoms with Gasteiger partial charge in [0.25, 0.3) is 0 Å². The highest BCUT2D eigenvalue weighted by atomic mass is 19.1. The van der Waals surface area contributed by atoms with Crippen LogP contribution in [0.3, 0.4) is 0 Å². The highest BCUT2D eigenvalue weighted by Crippen LogP contribution is 2.29. The lowest BCUT2D eigenvalue weighted by Crippen LogP contribution is -2.54. The first-order valence-electron chi connectivity index (χ1n) is 8.12. The number of likely N-dealkylation sites (N-methyl/N-ethyl adjacent to an activating group) is 1. The number of nitriles is 1. The third-order valence-corrected chi connectivity index (χ3v) is 3.93. The predicted octanol–water partition coefficient (Wildman–Crippen LogP) is 1.79. The molecular formula is C18H24FN3O3. The van der Waals surface area contributed by atoms with Crippen molar-refractivity contribution in [2.24, 2.45) is 0 Å². The van der Waals surface area contributed by atoms with Gasteiger partial charge in [-0.2, -0.15) is 5.26 Å². The standard InChI is InChI=1S/C18H24FN3O3/c1-18(2)12-22(16-6-5-14(19)7-13(16)8-20)9-15(25-18)10-24-11-17(23)21(3)4/h5-7,15H,9-12H2,1-4H3. The number of nitrogens with zero attached hydrogens (tertiary/aromatic N) is 3. The molecule has 1 atom stereocenters. The van der Waals surface area contributed by atoms with Crippen LogP contribution in [0.15, 0.2) is 18.2 Å². The molecule has 1 aromatic rings. The van der Waals surface area contributed by atoms with Crippen molar-refractivity contribution in [3.05, 3.63) is 29.6 Å². The summed E-state index contributed by atoms with van der Waals surface area (Å²) in [7, 11) is 3.34. The van der Waals surface area contributed by atoms with E-state index in [0.717, 1.165) is 0 Å². The van der Waals surface area contributed by atoms with E-state index < -0.39 is 11.4 Å². The lowest BCUT2D eigenvalue weighted by molar-refractivity contribution is -0.139. The van der Waals surface area contributed by atoms with Crippen LogP contribution in [0.1, 0.15) is 19.4 Å². The monoisotopic (exact) mass is 349 g/mol. The third kappa shape index (κ3) is 5.15. The molecule has 1 aliphatic heterocycles. The molecule has 1 aliphatic rings. The lowest BCUT2D eigenvalue weighted by Gasteiger charge is -2.44. The number of halogens is 1. The molecule has 7 heteroatoms. The molecule has 25 heavy (non-hydrogen) atoms. The largest absolute Gasteiger partial charge is 0.369 e. The minimum atomic E-state index is -0.459. The molecule has 2 rings (SSSR count). The number of ether oxygens (including phenoxy) is 2. The Kier molecular flexibility index (Phi) is 5.98. The van der Waals surface area contributed by atoms with E-state index in [1.807, 2.05) is 24.8 Å². The second kappa shape index (κ2) is 7.81. The van der Waals surface area contributed by atoms with Crippen molar-refractivity contribution in [3.8, 4) is 6.07 Å². The zero-order chi connectivity index (χ0) is 18.6. The second-order valence-electron chi connectivity index (χ2n) is 6.96. The molecule has 0 spiro atoms. The van der Waals surface area contributed by atoms with E-state index >= 15 is 0 Å². The SMILES string of the molecule is CN(C)C(=O)COCC1CN(c2ccc(F)cc2C#N)CC(C)(C)O1. The molecule has 1 fully saturated rings. The Morgan fingerprint density at radius 1 is 1.52 bits per heavy atom. The molecule has 0 radical (unpaired) electrons. The van der Waals surface area contributed by atoms with E-state index in [4.69, 9.17) is 9.47 Å². The number of amides is 1. The van der Waals surface area contributed by atoms with E-state index in [2.05, 4.69) is 0 Å². The van der Waals surface area contributed by atoms with Crippen LogP contribution in [0.2, 0.25) is 0 Å². The Labute approximate surface area is 147 Å². The number of carbonyl (C=O) groups excluding carboxylic acids is 1. The number of carbonyl (C=O) groups is 1. The fourth-order valence-corrected chi connectivity index (χ4v) is 2.85. The van der Waals surface area contributed by atoms with E-state index in [1.165, 1.54) is 17.0 Å². The van der Waals surface area contributed by atoms with Gasteiger partial charge >= 0.3 is 0 Å². The smallest absolute Gasteiger partial charge is 0.248 e. The molecule has 136 valence electrons. The highest BCUT2D eigenvalue weighted by Gasteiger charge is 2.34. The minimum Gasteiger partial charge on any atom is -0.369 e. The van der Waals surface area contributed by atoms with Crippen molar-refractivity contribution < 1.29 is 18.7 Å². The fraction of sp³-hybridized carbons (Fsp3) is 0.556. The van der Waals surface area contributed by atoms with Crippen LogP contribution in [0.4, 0.5) is 10.1 Å². The third-order valence-electron chi connectivity index (χ3n) is 3.93. The topological polar surface area (TPSA) is 65.8 Å². The summed E-state index contributed by atoms with van der Waals surface area (Å²) in [5.74, 6) is -0.549. The molecule has 1 amide bonds. The molecule has 0 aromatic heterocycles. The average molecular weight is 349 g/mol. The van der Waals surface area contributed by atoms with Crippen LogP contribution in [0.5, 0.6) is 0 Å². The highest BCUT2D eigenvalue weighted by molar-refractivity contribution is 5.76. The Morgan fingerprint density at radius 3 is 2.88 bits per heavy atom. The zero-order valence-corrected chi connectivity index (χ0v) is 15.1. The Morgan fingerprint density at radius 2 is 2.24 bits per heavy atom. The van der Waals surface area contributed by atoms with Crippen molar-refractivity contribution in [2.75, 3.05) is 45.3 Å². The summed E-state index contributed by atoms with van der Waals surface area (Å²) in [5, 5.41) is 9.28. The van der Waals surface area contributed by atoms with E-state index in [1.54, 1.807) is 20.2 Å². The van der Waals surface area contributed by atoms with Crippen molar-refractivity contribution in [1.82, 2.24) is 4.90 Å². The summed E-state index contributed by atoms with van der Waals surface area (Å²) in [6.45, 7) is 5.23. The van der Waals surface area contributed by atoms with Gasteiger partial charge in [-0.3, -0.25) is 4.79 Å². The quantitative estimate of drug-likeness (QED) is 0.811. The zero-order valence-electron chi connectivity index (χ0n) is 15.1. The van der Waals surface area contributed by atoms with Gasteiger partial charge in [0, 0.05) is 27.2 Å². The van der Waals surface area contributed by atoms with E-state index in [9.17, 15) is 14.4 Å². The molecular weight excluding hydrogens is 325 g/mol.